The minimum atomic E-state index is 0.410. The molecule has 2 rings (SSSR count). The summed E-state index contributed by atoms with van der Waals surface area (Å²) >= 11 is 5.11. The van der Waals surface area contributed by atoms with Crippen molar-refractivity contribution in [1.82, 2.24) is 4.98 Å². The summed E-state index contributed by atoms with van der Waals surface area (Å²) in [5.74, 6) is 0. The Morgan fingerprint density at radius 1 is 1.35 bits per heavy atom. The first-order valence-electron chi connectivity index (χ1n) is 6.69. The van der Waals surface area contributed by atoms with Crippen LogP contribution in [0.15, 0.2) is 36.5 Å². The molecule has 3 N–H and O–H groups in total. The number of rotatable bonds is 5. The van der Waals surface area contributed by atoms with Gasteiger partial charge in [-0.1, -0.05) is 36.8 Å². The molecule has 2 aromatic rings. The lowest BCUT2D eigenvalue weighted by molar-refractivity contribution is 0.971. The van der Waals surface area contributed by atoms with Crippen LogP contribution in [0.2, 0.25) is 0 Å². The molecule has 0 saturated heterocycles. The lowest BCUT2D eigenvalue weighted by Crippen LogP contribution is -2.14. The number of nitrogens with zero attached hydrogens (tertiary/aromatic N) is 1. The van der Waals surface area contributed by atoms with Crippen LogP contribution < -0.4 is 11.1 Å². The van der Waals surface area contributed by atoms with Gasteiger partial charge in [0.15, 0.2) is 0 Å². The van der Waals surface area contributed by atoms with Crippen LogP contribution in [0.25, 0.3) is 0 Å². The standard InChI is InChI=1S/C16H19N3S/c1-3-12-5-4-8-18-15(12)10-19-14-7-6-11(2)9-13(14)16(17)20/h4-9,19H,3,10H2,1-2H3,(H2,17,20). The molecule has 0 unspecified atom stereocenters. The van der Waals surface area contributed by atoms with Crippen molar-refractivity contribution in [2.24, 2.45) is 5.73 Å². The van der Waals surface area contributed by atoms with Gasteiger partial charge in [0.05, 0.1) is 12.2 Å². The molecule has 0 atom stereocenters. The zero-order chi connectivity index (χ0) is 14.5. The fraction of sp³-hybridized carbons (Fsp3) is 0.250. The summed E-state index contributed by atoms with van der Waals surface area (Å²) in [7, 11) is 0. The van der Waals surface area contributed by atoms with Gasteiger partial charge in [-0.25, -0.2) is 0 Å². The maximum atomic E-state index is 5.78. The lowest BCUT2D eigenvalue weighted by Gasteiger charge is -2.13. The molecule has 0 aliphatic carbocycles. The van der Waals surface area contributed by atoms with Crippen LogP contribution in [-0.2, 0) is 13.0 Å². The second-order valence-corrected chi connectivity index (χ2v) is 5.17. The van der Waals surface area contributed by atoms with Crippen LogP contribution in [0.4, 0.5) is 5.69 Å². The number of anilines is 1. The Morgan fingerprint density at radius 2 is 2.15 bits per heavy atom. The number of aryl methyl sites for hydroxylation is 2. The molecule has 0 amide bonds. The highest BCUT2D eigenvalue weighted by atomic mass is 32.1. The molecule has 0 fully saturated rings. The van der Waals surface area contributed by atoms with Gasteiger partial charge in [0.2, 0.25) is 0 Å². The first-order valence-corrected chi connectivity index (χ1v) is 7.09. The van der Waals surface area contributed by atoms with Crippen molar-refractivity contribution in [3.05, 3.63) is 58.9 Å². The third-order valence-electron chi connectivity index (χ3n) is 3.25. The second kappa shape index (κ2) is 6.48. The first-order chi connectivity index (χ1) is 9.61. The van der Waals surface area contributed by atoms with E-state index < -0.39 is 0 Å². The average Bonchev–Trinajstić information content (AvgIpc) is 2.46. The van der Waals surface area contributed by atoms with E-state index in [4.69, 9.17) is 18.0 Å². The predicted molar refractivity (Wildman–Crippen MR) is 88.0 cm³/mol. The van der Waals surface area contributed by atoms with Crippen LogP contribution in [0.1, 0.15) is 29.3 Å². The summed E-state index contributed by atoms with van der Waals surface area (Å²) in [6.45, 7) is 4.83. The monoisotopic (exact) mass is 285 g/mol. The Bertz CT molecular complexity index is 623. The van der Waals surface area contributed by atoms with E-state index in [9.17, 15) is 0 Å². The molecule has 20 heavy (non-hydrogen) atoms. The smallest absolute Gasteiger partial charge is 0.106 e. The molecule has 0 aliphatic heterocycles. The van der Waals surface area contributed by atoms with Crippen molar-refractivity contribution >= 4 is 22.9 Å². The molecule has 3 nitrogen and oxygen atoms in total. The van der Waals surface area contributed by atoms with Gasteiger partial charge in [0.1, 0.15) is 4.99 Å². The van der Waals surface area contributed by atoms with Gasteiger partial charge in [-0.05, 0) is 37.1 Å². The highest BCUT2D eigenvalue weighted by Crippen LogP contribution is 2.18. The van der Waals surface area contributed by atoms with Crippen LogP contribution in [0.3, 0.4) is 0 Å². The van der Waals surface area contributed by atoms with Crippen LogP contribution in [0.5, 0.6) is 0 Å². The van der Waals surface area contributed by atoms with Crippen molar-refractivity contribution in [2.75, 3.05) is 5.32 Å². The number of thiocarbonyl (C=S) groups is 1. The number of pyridine rings is 1. The SMILES string of the molecule is CCc1cccnc1CNc1ccc(C)cc1C(N)=S. The molecular formula is C16H19N3S. The van der Waals surface area contributed by atoms with E-state index in [-0.39, 0.29) is 0 Å². The van der Waals surface area contributed by atoms with E-state index in [0.717, 1.165) is 28.9 Å². The summed E-state index contributed by atoms with van der Waals surface area (Å²) in [4.78, 5) is 4.84. The quantitative estimate of drug-likeness (QED) is 0.828. The van der Waals surface area contributed by atoms with E-state index in [0.29, 0.717) is 11.5 Å². The second-order valence-electron chi connectivity index (χ2n) is 4.73. The van der Waals surface area contributed by atoms with E-state index >= 15 is 0 Å². The first kappa shape index (κ1) is 14.5. The molecule has 4 heteroatoms. The fourth-order valence-corrected chi connectivity index (χ4v) is 2.32. The Kier molecular flexibility index (Phi) is 4.69. The molecule has 0 radical (unpaired) electrons. The van der Waals surface area contributed by atoms with E-state index in [1.54, 1.807) is 0 Å². The van der Waals surface area contributed by atoms with Crippen LogP contribution in [0, 0.1) is 6.92 Å². The maximum Gasteiger partial charge on any atom is 0.106 e. The third-order valence-corrected chi connectivity index (χ3v) is 3.47. The molecule has 104 valence electrons. The number of aromatic nitrogens is 1. The normalized spacial score (nSPS) is 10.3. The van der Waals surface area contributed by atoms with Crippen LogP contribution >= 0.6 is 12.2 Å². The molecular weight excluding hydrogens is 266 g/mol. The topological polar surface area (TPSA) is 50.9 Å². The summed E-state index contributed by atoms with van der Waals surface area (Å²) in [5.41, 5.74) is 11.1. The van der Waals surface area contributed by atoms with Gasteiger partial charge in [0.25, 0.3) is 0 Å². The molecule has 1 heterocycles. The predicted octanol–water partition coefficient (Wildman–Crippen LogP) is 3.20. The fourth-order valence-electron chi connectivity index (χ4n) is 2.15. The van der Waals surface area contributed by atoms with Gasteiger partial charge < -0.3 is 11.1 Å². The highest BCUT2D eigenvalue weighted by molar-refractivity contribution is 7.80. The van der Waals surface area contributed by atoms with Crippen molar-refractivity contribution in [2.45, 2.75) is 26.8 Å². The Morgan fingerprint density at radius 3 is 2.85 bits per heavy atom. The maximum absolute atomic E-state index is 5.78. The zero-order valence-electron chi connectivity index (χ0n) is 11.8. The minimum absolute atomic E-state index is 0.410. The van der Waals surface area contributed by atoms with Gasteiger partial charge >= 0.3 is 0 Å². The van der Waals surface area contributed by atoms with Gasteiger partial charge in [-0.15, -0.1) is 0 Å². The van der Waals surface area contributed by atoms with Crippen molar-refractivity contribution in [3.8, 4) is 0 Å². The van der Waals surface area contributed by atoms with E-state index in [1.165, 1.54) is 5.56 Å². The average molecular weight is 285 g/mol. The summed E-state index contributed by atoms with van der Waals surface area (Å²) < 4.78 is 0. The Hall–Kier alpha value is -1.94. The molecule has 0 aliphatic rings. The van der Waals surface area contributed by atoms with Gasteiger partial charge in [-0.3, -0.25) is 4.98 Å². The van der Waals surface area contributed by atoms with Crippen molar-refractivity contribution in [3.63, 3.8) is 0 Å². The molecule has 1 aromatic heterocycles. The molecule has 0 spiro atoms. The minimum Gasteiger partial charge on any atom is -0.389 e. The molecule has 0 bridgehead atoms. The van der Waals surface area contributed by atoms with Crippen LogP contribution in [-0.4, -0.2) is 9.97 Å². The van der Waals surface area contributed by atoms with E-state index in [2.05, 4.69) is 23.3 Å². The molecule has 1 aromatic carbocycles. The molecule has 0 saturated carbocycles. The highest BCUT2D eigenvalue weighted by Gasteiger charge is 2.07. The summed E-state index contributed by atoms with van der Waals surface area (Å²) in [5, 5.41) is 3.38. The number of nitrogens with two attached hydrogens (primary N) is 1. The van der Waals surface area contributed by atoms with Crippen molar-refractivity contribution in [1.29, 1.82) is 0 Å². The van der Waals surface area contributed by atoms with Gasteiger partial charge in [0, 0.05) is 17.4 Å². The Labute approximate surface area is 125 Å². The largest absolute Gasteiger partial charge is 0.389 e. The zero-order valence-corrected chi connectivity index (χ0v) is 12.6. The van der Waals surface area contributed by atoms with Crippen molar-refractivity contribution < 1.29 is 0 Å². The number of benzene rings is 1. The number of hydrogen-bond acceptors (Lipinski definition) is 3. The Balaban J connectivity index is 2.21. The van der Waals surface area contributed by atoms with E-state index in [1.807, 2.05) is 37.4 Å². The lowest BCUT2D eigenvalue weighted by atomic mass is 10.1. The number of nitrogens with one attached hydrogen (secondary N) is 1. The van der Waals surface area contributed by atoms with Gasteiger partial charge in [-0.2, -0.15) is 0 Å². The third kappa shape index (κ3) is 3.33. The summed E-state index contributed by atoms with van der Waals surface area (Å²) in [6.07, 6.45) is 2.79. The summed E-state index contributed by atoms with van der Waals surface area (Å²) in [6, 6.07) is 10.1. The number of hydrogen-bond donors (Lipinski definition) is 2.